The SMILES string of the molecule is Cc1cc(NC(=O)CCN2C(=O)C3CCCCN3C2=O)no1. The Balaban J connectivity index is 1.55. The van der Waals surface area contributed by atoms with Crippen molar-refractivity contribution in [1.29, 1.82) is 0 Å². The fourth-order valence-electron chi connectivity index (χ4n) is 2.90. The number of nitrogens with one attached hydrogen (secondary N) is 1. The van der Waals surface area contributed by atoms with Gasteiger partial charge in [-0.3, -0.25) is 14.5 Å². The van der Waals surface area contributed by atoms with Gasteiger partial charge in [0.25, 0.3) is 5.91 Å². The minimum Gasteiger partial charge on any atom is -0.360 e. The van der Waals surface area contributed by atoms with Gasteiger partial charge in [-0.05, 0) is 26.2 Å². The van der Waals surface area contributed by atoms with Gasteiger partial charge >= 0.3 is 6.03 Å². The van der Waals surface area contributed by atoms with Crippen LogP contribution in [0.15, 0.2) is 10.6 Å². The van der Waals surface area contributed by atoms with E-state index in [-0.39, 0.29) is 36.9 Å². The van der Waals surface area contributed by atoms with E-state index in [1.165, 1.54) is 4.90 Å². The van der Waals surface area contributed by atoms with Crippen molar-refractivity contribution in [2.75, 3.05) is 18.4 Å². The molecule has 0 saturated carbocycles. The molecule has 0 aromatic carbocycles. The van der Waals surface area contributed by atoms with Crippen molar-refractivity contribution in [3.05, 3.63) is 11.8 Å². The van der Waals surface area contributed by atoms with Crippen LogP contribution in [0.3, 0.4) is 0 Å². The molecule has 4 amide bonds. The molecule has 2 saturated heterocycles. The minimum atomic E-state index is -0.331. The lowest BCUT2D eigenvalue weighted by atomic mass is 10.0. The van der Waals surface area contributed by atoms with Crippen molar-refractivity contribution in [2.24, 2.45) is 0 Å². The lowest BCUT2D eigenvalue weighted by Crippen LogP contribution is -2.39. The number of imide groups is 1. The number of urea groups is 1. The number of anilines is 1. The summed E-state index contributed by atoms with van der Waals surface area (Å²) in [5, 5.41) is 6.23. The third-order valence-corrected chi connectivity index (χ3v) is 3.99. The van der Waals surface area contributed by atoms with Crippen molar-refractivity contribution in [2.45, 2.75) is 38.6 Å². The molecule has 1 aromatic rings. The zero-order chi connectivity index (χ0) is 15.7. The van der Waals surface area contributed by atoms with Crippen molar-refractivity contribution in [3.8, 4) is 0 Å². The minimum absolute atomic E-state index is 0.0456. The highest BCUT2D eigenvalue weighted by Crippen LogP contribution is 2.26. The fourth-order valence-corrected chi connectivity index (χ4v) is 2.90. The lowest BCUT2D eigenvalue weighted by Gasteiger charge is -2.26. The van der Waals surface area contributed by atoms with E-state index in [1.54, 1.807) is 17.9 Å². The Bertz CT molecular complexity index is 588. The highest BCUT2D eigenvalue weighted by atomic mass is 16.5. The predicted octanol–water partition coefficient (Wildman–Crippen LogP) is 1.13. The number of fused-ring (bicyclic) bond motifs is 1. The standard InChI is InChI=1S/C14H18N4O4/c1-9-8-11(16-22-9)15-12(19)5-7-18-13(20)10-4-2-3-6-17(10)14(18)21/h8,10H,2-7H2,1H3,(H,15,16,19). The average Bonchev–Trinajstić information content (AvgIpc) is 3.01. The van der Waals surface area contributed by atoms with Crippen LogP contribution in [0.25, 0.3) is 0 Å². The number of carbonyl (C=O) groups excluding carboxylic acids is 3. The van der Waals surface area contributed by atoms with Crippen LogP contribution in [-0.4, -0.2) is 51.9 Å². The number of aromatic nitrogens is 1. The molecule has 2 fully saturated rings. The first-order chi connectivity index (χ1) is 10.6. The molecule has 2 aliphatic rings. The van der Waals surface area contributed by atoms with E-state index >= 15 is 0 Å². The molecule has 8 heteroatoms. The first-order valence-corrected chi connectivity index (χ1v) is 7.41. The fraction of sp³-hybridized carbons (Fsp3) is 0.571. The van der Waals surface area contributed by atoms with E-state index in [0.717, 1.165) is 12.8 Å². The summed E-state index contributed by atoms with van der Waals surface area (Å²) in [6.07, 6.45) is 2.64. The maximum Gasteiger partial charge on any atom is 0.327 e. The molecule has 1 atom stereocenters. The third kappa shape index (κ3) is 2.68. The van der Waals surface area contributed by atoms with Gasteiger partial charge in [-0.1, -0.05) is 5.16 Å². The van der Waals surface area contributed by atoms with E-state index < -0.39 is 0 Å². The largest absolute Gasteiger partial charge is 0.360 e. The number of piperidine rings is 1. The molecule has 2 aliphatic heterocycles. The summed E-state index contributed by atoms with van der Waals surface area (Å²) in [6.45, 7) is 2.43. The molecular formula is C14H18N4O4. The van der Waals surface area contributed by atoms with E-state index in [2.05, 4.69) is 10.5 Å². The summed E-state index contributed by atoms with van der Waals surface area (Å²) in [4.78, 5) is 39.1. The Hall–Kier alpha value is -2.38. The number of nitrogens with zero attached hydrogens (tertiary/aromatic N) is 3. The molecule has 1 aromatic heterocycles. The molecular weight excluding hydrogens is 288 g/mol. The topological polar surface area (TPSA) is 95.8 Å². The van der Waals surface area contributed by atoms with Crippen LogP contribution >= 0.6 is 0 Å². The van der Waals surface area contributed by atoms with Gasteiger partial charge in [0, 0.05) is 25.6 Å². The number of hydrogen-bond acceptors (Lipinski definition) is 5. The highest BCUT2D eigenvalue weighted by Gasteiger charge is 2.45. The summed E-state index contributed by atoms with van der Waals surface area (Å²) in [7, 11) is 0. The average molecular weight is 306 g/mol. The molecule has 0 spiro atoms. The van der Waals surface area contributed by atoms with Gasteiger partial charge in [-0.2, -0.15) is 0 Å². The number of hydrogen-bond donors (Lipinski definition) is 1. The smallest absolute Gasteiger partial charge is 0.327 e. The lowest BCUT2D eigenvalue weighted by molar-refractivity contribution is -0.129. The van der Waals surface area contributed by atoms with Crippen molar-refractivity contribution >= 4 is 23.7 Å². The number of carbonyl (C=O) groups is 3. The van der Waals surface area contributed by atoms with Crippen molar-refractivity contribution in [3.63, 3.8) is 0 Å². The molecule has 118 valence electrons. The summed E-state index contributed by atoms with van der Waals surface area (Å²) in [5.74, 6) is 0.435. The normalized spacial score (nSPS) is 21.2. The summed E-state index contributed by atoms with van der Waals surface area (Å²) < 4.78 is 4.85. The molecule has 22 heavy (non-hydrogen) atoms. The summed E-state index contributed by atoms with van der Waals surface area (Å²) >= 11 is 0. The summed E-state index contributed by atoms with van der Waals surface area (Å²) in [6, 6.07) is 0.993. The van der Waals surface area contributed by atoms with Gasteiger partial charge < -0.3 is 14.7 Å². The van der Waals surface area contributed by atoms with Crippen LogP contribution < -0.4 is 5.32 Å². The van der Waals surface area contributed by atoms with Crippen LogP contribution in [0.1, 0.15) is 31.4 Å². The van der Waals surface area contributed by atoms with Crippen LogP contribution in [-0.2, 0) is 9.59 Å². The van der Waals surface area contributed by atoms with E-state index in [9.17, 15) is 14.4 Å². The maximum atomic E-state index is 12.2. The number of amides is 4. The van der Waals surface area contributed by atoms with Gasteiger partial charge in [0.1, 0.15) is 11.8 Å². The quantitative estimate of drug-likeness (QED) is 0.841. The van der Waals surface area contributed by atoms with Crippen LogP contribution in [0, 0.1) is 6.92 Å². The maximum absolute atomic E-state index is 12.2. The zero-order valence-corrected chi connectivity index (χ0v) is 12.4. The molecule has 0 aliphatic carbocycles. The Morgan fingerprint density at radius 3 is 2.95 bits per heavy atom. The Kier molecular flexibility index (Phi) is 3.82. The Morgan fingerprint density at radius 1 is 1.45 bits per heavy atom. The monoisotopic (exact) mass is 306 g/mol. The Morgan fingerprint density at radius 2 is 2.27 bits per heavy atom. The molecule has 3 heterocycles. The van der Waals surface area contributed by atoms with E-state index in [4.69, 9.17) is 4.52 Å². The summed E-state index contributed by atoms with van der Waals surface area (Å²) in [5.41, 5.74) is 0. The van der Waals surface area contributed by atoms with E-state index in [1.807, 2.05) is 0 Å². The first kappa shape index (κ1) is 14.6. The van der Waals surface area contributed by atoms with Crippen LogP contribution in [0.2, 0.25) is 0 Å². The van der Waals surface area contributed by atoms with Gasteiger partial charge in [-0.25, -0.2) is 4.79 Å². The van der Waals surface area contributed by atoms with Gasteiger partial charge in [-0.15, -0.1) is 0 Å². The number of aryl methyl sites for hydroxylation is 1. The molecule has 1 unspecified atom stereocenters. The van der Waals surface area contributed by atoms with Crippen LogP contribution in [0.5, 0.6) is 0 Å². The second-order valence-electron chi connectivity index (χ2n) is 5.60. The highest BCUT2D eigenvalue weighted by molar-refractivity contribution is 6.04. The van der Waals surface area contributed by atoms with Gasteiger partial charge in [0.05, 0.1) is 0 Å². The van der Waals surface area contributed by atoms with Gasteiger partial charge in [0.2, 0.25) is 5.91 Å². The Labute approximate surface area is 127 Å². The first-order valence-electron chi connectivity index (χ1n) is 7.41. The number of rotatable bonds is 4. The van der Waals surface area contributed by atoms with Crippen molar-refractivity contribution < 1.29 is 18.9 Å². The van der Waals surface area contributed by atoms with Gasteiger partial charge in [0.15, 0.2) is 5.82 Å². The molecule has 0 radical (unpaired) electrons. The molecule has 0 bridgehead atoms. The molecule has 8 nitrogen and oxygen atoms in total. The van der Waals surface area contributed by atoms with Crippen LogP contribution in [0.4, 0.5) is 10.6 Å². The predicted molar refractivity (Wildman–Crippen MR) is 75.9 cm³/mol. The zero-order valence-electron chi connectivity index (χ0n) is 12.4. The second kappa shape index (κ2) is 5.78. The van der Waals surface area contributed by atoms with E-state index in [0.29, 0.717) is 24.5 Å². The van der Waals surface area contributed by atoms with Crippen molar-refractivity contribution in [1.82, 2.24) is 15.0 Å². The second-order valence-corrected chi connectivity index (χ2v) is 5.60. The molecule has 3 rings (SSSR count). The third-order valence-electron chi connectivity index (χ3n) is 3.99. The molecule has 1 N–H and O–H groups in total.